The minimum absolute atomic E-state index is 0.144. The van der Waals surface area contributed by atoms with Crippen molar-refractivity contribution in [2.24, 2.45) is 0 Å². The summed E-state index contributed by atoms with van der Waals surface area (Å²) in [6, 6.07) is 15.7. The monoisotopic (exact) mass is 456 g/mol. The summed E-state index contributed by atoms with van der Waals surface area (Å²) < 4.78 is 18.9. The molecule has 7 heteroatoms. The molecule has 3 aliphatic rings. The molecule has 2 fully saturated rings. The molecule has 4 N–H and O–H groups in total. The number of benzene rings is 2. The molecule has 7 unspecified atom stereocenters. The summed E-state index contributed by atoms with van der Waals surface area (Å²) >= 11 is 0. The molecular formula is C26H32O7. The lowest BCUT2D eigenvalue weighted by Crippen LogP contribution is -2.55. The normalized spacial score (nSPS) is 34.2. The fraction of sp³-hybridized carbons (Fsp3) is 0.538. The van der Waals surface area contributed by atoms with Crippen molar-refractivity contribution in [3.63, 3.8) is 0 Å². The molecule has 33 heavy (non-hydrogen) atoms. The highest BCUT2D eigenvalue weighted by Gasteiger charge is 2.47. The number of rotatable bonds is 6. The topological polar surface area (TPSA) is 109 Å². The maximum Gasteiger partial charge on any atom is 0.133 e. The van der Waals surface area contributed by atoms with Crippen LogP contribution in [0.25, 0.3) is 0 Å². The lowest BCUT2D eigenvalue weighted by Gasteiger charge is -2.41. The van der Waals surface area contributed by atoms with Crippen LogP contribution >= 0.6 is 0 Å². The third kappa shape index (κ3) is 4.41. The summed E-state index contributed by atoms with van der Waals surface area (Å²) in [5.74, 6) is 0.674. The van der Waals surface area contributed by atoms with Crippen molar-refractivity contribution in [2.75, 3.05) is 6.61 Å². The van der Waals surface area contributed by atoms with Gasteiger partial charge < -0.3 is 34.6 Å². The van der Waals surface area contributed by atoms with Gasteiger partial charge in [-0.2, -0.15) is 0 Å². The van der Waals surface area contributed by atoms with Crippen LogP contribution in [0.15, 0.2) is 48.5 Å². The van der Waals surface area contributed by atoms with E-state index in [2.05, 4.69) is 12.1 Å². The van der Waals surface area contributed by atoms with Crippen LogP contribution < -0.4 is 4.74 Å². The molecule has 2 aliphatic heterocycles. The first-order valence-corrected chi connectivity index (χ1v) is 11.9. The smallest absolute Gasteiger partial charge is 0.133 e. The largest absolute Gasteiger partial charge is 0.487 e. The molecule has 1 aliphatic carbocycles. The van der Waals surface area contributed by atoms with E-state index in [4.69, 9.17) is 14.2 Å². The zero-order valence-electron chi connectivity index (χ0n) is 18.5. The Morgan fingerprint density at radius 2 is 1.61 bits per heavy atom. The molecule has 0 bridgehead atoms. The molecule has 7 nitrogen and oxygen atoms in total. The van der Waals surface area contributed by atoms with Crippen molar-refractivity contribution in [1.82, 2.24) is 0 Å². The summed E-state index contributed by atoms with van der Waals surface area (Å²) in [7, 11) is 0. The highest BCUT2D eigenvalue weighted by Crippen LogP contribution is 2.48. The fourth-order valence-electron chi connectivity index (χ4n) is 5.37. The lowest BCUT2D eigenvalue weighted by atomic mass is 9.87. The first-order valence-electron chi connectivity index (χ1n) is 11.9. The van der Waals surface area contributed by atoms with Crippen molar-refractivity contribution in [2.45, 2.75) is 80.9 Å². The van der Waals surface area contributed by atoms with Gasteiger partial charge in [0.1, 0.15) is 48.5 Å². The number of aliphatic hydroxyl groups excluding tert-OH is 4. The Balaban J connectivity index is 1.50. The molecule has 178 valence electrons. The Labute approximate surface area is 193 Å². The van der Waals surface area contributed by atoms with E-state index in [0.717, 1.165) is 36.8 Å². The van der Waals surface area contributed by atoms with Crippen LogP contribution in [-0.4, -0.2) is 63.7 Å². The van der Waals surface area contributed by atoms with Crippen molar-refractivity contribution >= 4 is 0 Å². The summed E-state index contributed by atoms with van der Waals surface area (Å²) in [6.45, 7) is -0.467. The van der Waals surface area contributed by atoms with E-state index >= 15 is 0 Å². The second-order valence-electron chi connectivity index (χ2n) is 9.32. The third-order valence-corrected chi connectivity index (χ3v) is 7.12. The summed E-state index contributed by atoms with van der Waals surface area (Å²) in [5.41, 5.74) is 2.61. The van der Waals surface area contributed by atoms with Crippen molar-refractivity contribution in [3.8, 4) is 5.75 Å². The molecule has 2 heterocycles. The third-order valence-electron chi connectivity index (χ3n) is 7.12. The van der Waals surface area contributed by atoms with E-state index in [0.29, 0.717) is 17.7 Å². The Kier molecular flexibility index (Phi) is 6.69. The van der Waals surface area contributed by atoms with Gasteiger partial charge in [-0.25, -0.2) is 0 Å². The van der Waals surface area contributed by atoms with Gasteiger partial charge in [0.2, 0.25) is 0 Å². The van der Waals surface area contributed by atoms with Crippen LogP contribution in [0, 0.1) is 0 Å². The van der Waals surface area contributed by atoms with E-state index in [1.165, 1.54) is 0 Å². The zero-order chi connectivity index (χ0) is 22.9. The Morgan fingerprint density at radius 1 is 0.848 bits per heavy atom. The summed E-state index contributed by atoms with van der Waals surface area (Å²) in [5, 5.41) is 41.0. The van der Waals surface area contributed by atoms with Crippen molar-refractivity contribution < 1.29 is 34.6 Å². The van der Waals surface area contributed by atoms with Crippen LogP contribution in [-0.2, 0) is 15.9 Å². The first-order chi connectivity index (χ1) is 16.1. The molecule has 0 spiro atoms. The molecule has 0 aromatic heterocycles. The van der Waals surface area contributed by atoms with Crippen LogP contribution in [0.3, 0.4) is 0 Å². The minimum Gasteiger partial charge on any atom is -0.487 e. The second kappa shape index (κ2) is 9.70. The predicted octanol–water partition coefficient (Wildman–Crippen LogP) is 2.21. The van der Waals surface area contributed by atoms with E-state index in [-0.39, 0.29) is 18.3 Å². The number of aliphatic hydroxyl groups is 4. The molecule has 2 aromatic rings. The average molecular weight is 457 g/mol. The van der Waals surface area contributed by atoms with E-state index in [1.54, 1.807) is 0 Å². The zero-order valence-corrected chi connectivity index (χ0v) is 18.5. The Bertz CT molecular complexity index is 927. The van der Waals surface area contributed by atoms with Gasteiger partial charge in [0.25, 0.3) is 0 Å². The highest BCUT2D eigenvalue weighted by atomic mass is 16.6. The predicted molar refractivity (Wildman–Crippen MR) is 120 cm³/mol. The number of fused-ring (bicyclic) bond motifs is 1. The lowest BCUT2D eigenvalue weighted by molar-refractivity contribution is -0.232. The van der Waals surface area contributed by atoms with Crippen molar-refractivity contribution in [3.05, 3.63) is 65.2 Å². The summed E-state index contributed by atoms with van der Waals surface area (Å²) in [6.07, 6.45) is -1.57. The summed E-state index contributed by atoms with van der Waals surface area (Å²) in [4.78, 5) is 0. The highest BCUT2D eigenvalue weighted by molar-refractivity contribution is 5.48. The van der Waals surface area contributed by atoms with Gasteiger partial charge in [0, 0.05) is 12.0 Å². The molecule has 1 saturated carbocycles. The van der Waals surface area contributed by atoms with Crippen LogP contribution in [0.5, 0.6) is 5.75 Å². The van der Waals surface area contributed by atoms with Gasteiger partial charge in [-0.1, -0.05) is 55.3 Å². The number of ether oxygens (including phenoxy) is 3. The molecule has 2 aromatic carbocycles. The van der Waals surface area contributed by atoms with Gasteiger partial charge >= 0.3 is 0 Å². The van der Waals surface area contributed by atoms with Crippen LogP contribution in [0.1, 0.15) is 54.6 Å². The Morgan fingerprint density at radius 3 is 2.33 bits per heavy atom. The molecule has 5 rings (SSSR count). The first kappa shape index (κ1) is 22.8. The van der Waals surface area contributed by atoms with Gasteiger partial charge in [-0.05, 0) is 30.0 Å². The van der Waals surface area contributed by atoms with Crippen molar-refractivity contribution in [1.29, 1.82) is 0 Å². The number of hydrogen-bond acceptors (Lipinski definition) is 7. The average Bonchev–Trinajstić information content (AvgIpc) is 3.47. The fourth-order valence-corrected chi connectivity index (χ4v) is 5.37. The number of hydrogen-bond donors (Lipinski definition) is 4. The van der Waals surface area contributed by atoms with E-state index in [1.807, 2.05) is 36.4 Å². The van der Waals surface area contributed by atoms with Crippen LogP contribution in [0.4, 0.5) is 0 Å². The maximum absolute atomic E-state index is 10.8. The van der Waals surface area contributed by atoms with Gasteiger partial charge in [0.05, 0.1) is 12.7 Å². The molecule has 0 radical (unpaired) electrons. The van der Waals surface area contributed by atoms with Gasteiger partial charge in [-0.15, -0.1) is 0 Å². The minimum atomic E-state index is -1.44. The molecule has 1 saturated heterocycles. The SMILES string of the molecule is OCC1OC(c2cccc3c2C(OC2CCCC2)C(Cc2ccccc2)O3)C(O)C(O)C1O. The molecular weight excluding hydrogens is 424 g/mol. The Hall–Kier alpha value is -2.00. The van der Waals surface area contributed by atoms with Gasteiger partial charge in [-0.3, -0.25) is 0 Å². The van der Waals surface area contributed by atoms with E-state index in [9.17, 15) is 20.4 Å². The van der Waals surface area contributed by atoms with E-state index < -0.39 is 37.1 Å². The molecule has 0 amide bonds. The quantitative estimate of drug-likeness (QED) is 0.528. The second-order valence-corrected chi connectivity index (χ2v) is 9.32. The van der Waals surface area contributed by atoms with Gasteiger partial charge in [0.15, 0.2) is 0 Å². The van der Waals surface area contributed by atoms with Crippen LogP contribution in [0.2, 0.25) is 0 Å². The molecule has 7 atom stereocenters. The maximum atomic E-state index is 10.8. The standard InChI is InChI=1S/C26H32O7/c27-14-20-22(28)23(29)24(30)25(33-20)17-11-6-12-18-21(17)26(31-16-9-4-5-10-16)19(32-18)13-15-7-2-1-3-8-15/h1-3,6-8,11-12,16,19-20,22-30H,4-5,9-10,13-14H2.